The monoisotopic (exact) mass is 2990 g/mol. The molecule has 656 valence electrons. The largest absolute Gasteiger partial charge is 0.351 e. The number of hydrogen-bond acceptors (Lipinski definition) is 5. The summed E-state index contributed by atoms with van der Waals surface area (Å²) in [6.45, 7) is 7.93. The fourth-order valence-electron chi connectivity index (χ4n) is 6.40. The second-order valence-electron chi connectivity index (χ2n) is 15.5. The molecule has 3 amide bonds. The number of nitrogens with zero attached hydrogens (tertiary/aromatic N) is 3. The summed E-state index contributed by atoms with van der Waals surface area (Å²) in [5.41, 5.74) is 7.76. The molecule has 0 aromatic heterocycles. The van der Waals surface area contributed by atoms with E-state index in [1.54, 1.807) is 111 Å². The van der Waals surface area contributed by atoms with Gasteiger partial charge in [-0.1, -0.05) is 61.3 Å². The Labute approximate surface area is 889 Å². The minimum absolute atomic E-state index is 0.0520. The Morgan fingerprint density at radius 3 is 0.699 bits per heavy atom. The van der Waals surface area contributed by atoms with Gasteiger partial charge in [0.1, 0.15) is 0 Å². The summed E-state index contributed by atoms with van der Waals surface area (Å²) in [5.74, 6) is 0.847. The zero-order valence-electron chi connectivity index (χ0n) is 52.5. The Hall–Kier alpha value is 14.7. The first-order valence-corrected chi connectivity index (χ1v) is 128. The lowest BCUT2D eigenvalue weighted by molar-refractivity contribution is -0.139. The van der Waals surface area contributed by atoms with Crippen molar-refractivity contribution < 1.29 is 9.59 Å². The van der Waals surface area contributed by atoms with Crippen LogP contribution in [0.1, 0.15) is 50.3 Å². The van der Waals surface area contributed by atoms with Crippen LogP contribution in [0, 0.1) is 11.8 Å². The van der Waals surface area contributed by atoms with E-state index in [9.17, 15) is 9.59 Å². The van der Waals surface area contributed by atoms with Crippen molar-refractivity contribution in [3.63, 3.8) is 0 Å². The number of hydrogen-bond donors (Lipinski definition) is 1. The second kappa shape index (κ2) is 95.6. The second-order valence-corrected chi connectivity index (χ2v) is 149. The molecule has 2 N–H and O–H groups in total. The molecule has 0 radical (unpaired) electrons. The Kier molecular flexibility index (Phi) is 103. The average molecular weight is 3000 g/mol. The lowest BCUT2D eigenvalue weighted by Crippen LogP contribution is -2.58. The lowest BCUT2D eigenvalue weighted by atomic mass is 9.90. The van der Waals surface area contributed by atoms with Gasteiger partial charge in [-0.25, -0.2) is 4.79 Å². The van der Waals surface area contributed by atoms with E-state index in [2.05, 4.69) is 47.9 Å². The molecule has 2 aliphatic rings. The SMILES string of the molecule is CC(C)[C@@H]1CN(C(c2ccc(Cl)cc2)c2ccc(Cl)cc2)CCN1C(=O)CC1CCN(C(N)=O)CC1.S=S=S=S=S=S=S=S=S=S=S=S=S=S=S=S=S=S=S=S=S=S=S=S=S=S=S=S=S=S=S=S=S=S=S=S=S=S=S=S=S=S=S=S=S=S=S=S=S=S=S=S=S=S=S=S=S=S=S=S=S=S=S=S=S=S=S=S=S=S=S=S=S=S=S=S=S. The summed E-state index contributed by atoms with van der Waals surface area (Å²) < 4.78 is 0. The summed E-state index contributed by atoms with van der Waals surface area (Å²) in [6.07, 6.45) is 2.19. The molecule has 2 aromatic rings. The van der Waals surface area contributed by atoms with Gasteiger partial charge in [-0.15, -0.1) is 0 Å². The molecule has 2 saturated heterocycles. The summed E-state index contributed by atoms with van der Waals surface area (Å²) in [4.78, 5) is 31.1. The fourth-order valence-corrected chi connectivity index (χ4v) is 207. The summed E-state index contributed by atoms with van der Waals surface area (Å²) in [6, 6.07) is 15.9. The van der Waals surface area contributed by atoms with Gasteiger partial charge in [0.05, 0.1) is 6.04 Å². The van der Waals surface area contributed by atoms with E-state index in [0.29, 0.717) is 47.9 Å². The molecule has 0 aliphatic carbocycles. The maximum absolute atomic E-state index is 13.5. The molecule has 113 heavy (non-hydrogen) atoms. The Balaban J connectivity index is 0.000000753. The third-order valence-electron chi connectivity index (χ3n) is 9.72. The van der Waals surface area contributed by atoms with Gasteiger partial charge in [0, 0.05) is 744 Å². The van der Waals surface area contributed by atoms with Crippen molar-refractivity contribution in [2.24, 2.45) is 17.6 Å². The first kappa shape index (κ1) is 122. The number of carbonyl (C=O) groups is 2. The summed E-state index contributed by atoms with van der Waals surface area (Å²) in [7, 11) is 135. The van der Waals surface area contributed by atoms with Gasteiger partial charge in [0.15, 0.2) is 0 Å². The van der Waals surface area contributed by atoms with Crippen molar-refractivity contribution in [1.29, 1.82) is 0 Å². The van der Waals surface area contributed by atoms with Crippen LogP contribution in [-0.4, -0.2) is 65.4 Å². The molecular weight excluding hydrogens is 2960 g/mol. The molecule has 85 heteroatoms. The van der Waals surface area contributed by atoms with Gasteiger partial charge in [-0.3, -0.25) is 9.69 Å². The molecule has 0 saturated carbocycles. The Morgan fingerprint density at radius 1 is 0.327 bits per heavy atom. The number of carbonyl (C=O) groups excluding carboxylic acids is 2. The van der Waals surface area contributed by atoms with Crippen LogP contribution in [0.15, 0.2) is 48.5 Å². The molecule has 0 spiro atoms. The van der Waals surface area contributed by atoms with E-state index < -0.39 is 0 Å². The van der Waals surface area contributed by atoms with Crippen molar-refractivity contribution >= 4 is 724 Å². The molecule has 2 heterocycles. The molecule has 1 atom stereocenters. The topological polar surface area (TPSA) is 69.9 Å². The van der Waals surface area contributed by atoms with E-state index in [1.807, 2.05) is 566 Å². The Bertz CT molecular complexity index is 7190. The standard InChI is InChI=1S/C28H36Cl2N4O2.S77/c1-19(2)25-18-33(15-16-34(25)26(35)17-20-11-13-32(14-12-20)28(31)36)27(21-3-7-23(29)8-4-21)22-5-9-24(30)10-6-22;1-3-5-7-9-11-13-15-17-19-21-23-25-27-29-31-33-35-37-39-41-43-45-47-49-51-53-55-57-59-61-63-65-67-69-71-73-75-77-76-74-72-70-68-66-64-62-60-58-56-54-52-50-48-46-44-42-40-38-36-34-32-30-28-26-24-22-20-18-16-14-12-10-8-6-4-2/h3-10,19-20,25,27H,11-18H2,1-2H3,(H2,31,36);/t25-;/m0./s1. The van der Waals surface area contributed by atoms with Crippen LogP contribution in [0.4, 0.5) is 4.79 Å². The van der Waals surface area contributed by atoms with Crippen LogP contribution in [-0.2, 0) is 693 Å². The van der Waals surface area contributed by atoms with Gasteiger partial charge in [-0.2, -0.15) is 0 Å². The maximum Gasteiger partial charge on any atom is 0.314 e. The predicted octanol–water partition coefficient (Wildman–Crippen LogP) is 5.25. The van der Waals surface area contributed by atoms with Crippen molar-refractivity contribution in [3.8, 4) is 0 Å². The number of benzene rings is 2. The zero-order valence-corrected chi connectivity index (χ0v) is 117. The number of piperidine rings is 1. The van der Waals surface area contributed by atoms with Gasteiger partial charge in [0.25, 0.3) is 0 Å². The quantitative estimate of drug-likeness (QED) is 0.429. The number of piperazine rings is 1. The van der Waals surface area contributed by atoms with E-state index in [-0.39, 0.29) is 24.0 Å². The first-order valence-electron chi connectivity index (χ1n) is 25.5. The van der Waals surface area contributed by atoms with Crippen LogP contribution in [0.2, 0.25) is 10.0 Å². The van der Waals surface area contributed by atoms with Crippen LogP contribution < -0.4 is 5.73 Å². The highest BCUT2D eigenvalue weighted by Crippen LogP contribution is 2.34. The van der Waals surface area contributed by atoms with E-state index >= 15 is 0 Å². The third-order valence-corrected chi connectivity index (χ3v) is 175. The summed E-state index contributed by atoms with van der Waals surface area (Å²) in [5, 5.41) is 1.43. The van der Waals surface area contributed by atoms with Crippen LogP contribution in [0.25, 0.3) is 0 Å². The van der Waals surface area contributed by atoms with E-state index in [4.69, 9.17) is 51.3 Å². The highest BCUT2D eigenvalue weighted by Gasteiger charge is 2.37. The van der Waals surface area contributed by atoms with Gasteiger partial charge in [0.2, 0.25) is 5.91 Å². The highest BCUT2D eigenvalue weighted by molar-refractivity contribution is 8.85. The molecule has 4 rings (SSSR count). The molecule has 0 bridgehead atoms. The zero-order chi connectivity index (χ0) is 80.9. The normalized spacial score (nSPS) is 11.6. The minimum atomic E-state index is -0.369. The molecular formula is C28H36Cl2N4O2S77. The number of likely N-dealkylation sites (tertiary alicyclic amines) is 1. The average Bonchev–Trinajstić information content (AvgIpc) is 0.789. The highest BCUT2D eigenvalue weighted by atomic mass is 35.5. The van der Waals surface area contributed by atoms with Gasteiger partial charge in [-0.05, 0) is 60.1 Å². The van der Waals surface area contributed by atoms with Crippen molar-refractivity contribution in [2.75, 3.05) is 32.7 Å². The third kappa shape index (κ3) is 77.2. The summed E-state index contributed by atoms with van der Waals surface area (Å²) >= 11 is 22.0. The smallest absolute Gasteiger partial charge is 0.314 e. The molecule has 6 nitrogen and oxygen atoms in total. The van der Waals surface area contributed by atoms with Crippen molar-refractivity contribution in [3.05, 3.63) is 69.7 Å². The fraction of sp³-hybridized carbons (Fsp3) is 0.500. The van der Waals surface area contributed by atoms with E-state index in [1.165, 1.54) is 28.9 Å². The number of nitrogens with two attached hydrogens (primary N) is 1. The predicted molar refractivity (Wildman–Crippen MR) is 712 cm³/mol. The Morgan fingerprint density at radius 2 is 0.522 bits per heavy atom. The van der Waals surface area contributed by atoms with Crippen molar-refractivity contribution in [1.82, 2.24) is 14.7 Å². The number of primary amides is 1. The molecule has 0 unspecified atom stereocenters. The number of amides is 3. The van der Waals surface area contributed by atoms with Crippen LogP contribution in [0.5, 0.6) is 0 Å². The lowest BCUT2D eigenvalue weighted by Gasteiger charge is -2.47. The number of urea groups is 1. The molecule has 2 fully saturated rings. The van der Waals surface area contributed by atoms with Crippen LogP contribution in [0.3, 0.4) is 0 Å². The number of halogens is 2. The van der Waals surface area contributed by atoms with Crippen LogP contribution >= 0.6 is 23.2 Å². The van der Waals surface area contributed by atoms with Crippen molar-refractivity contribution in [2.45, 2.75) is 45.2 Å². The molecule has 2 aromatic carbocycles. The van der Waals surface area contributed by atoms with Gasteiger partial charge < -0.3 is 15.5 Å². The maximum atomic E-state index is 13.5. The first-order chi connectivity index (χ1) is 55.6. The molecule has 2 aliphatic heterocycles. The van der Waals surface area contributed by atoms with E-state index in [0.717, 1.165) is 25.9 Å². The minimum Gasteiger partial charge on any atom is -0.351 e. The van der Waals surface area contributed by atoms with Gasteiger partial charge >= 0.3 is 6.03 Å². The number of rotatable bonds is 6.